The molecule has 7 heteroatoms. The smallest absolute Gasteiger partial charge is 0.346 e. The highest BCUT2D eigenvalue weighted by molar-refractivity contribution is 5.75. The van der Waals surface area contributed by atoms with Gasteiger partial charge in [-0.05, 0) is 25.3 Å². The van der Waals surface area contributed by atoms with Crippen LogP contribution in [0, 0.1) is 0 Å². The number of nitrogens with one attached hydrogen (secondary N) is 1. The Kier molecular flexibility index (Phi) is 5.03. The number of carbonyl (C=O) groups is 1. The lowest BCUT2D eigenvalue weighted by Gasteiger charge is -2.24. The van der Waals surface area contributed by atoms with Crippen molar-refractivity contribution in [1.29, 1.82) is 0 Å². The molecule has 1 aliphatic rings. The molecule has 0 aliphatic carbocycles. The fraction of sp³-hybridized carbons (Fsp3) is 0.500. The number of nitrogens with zero attached hydrogens (tertiary/aromatic N) is 3. The lowest BCUT2D eigenvalue weighted by atomic mass is 9.96. The predicted octanol–water partition coefficient (Wildman–Crippen LogP) is 0.795. The summed E-state index contributed by atoms with van der Waals surface area (Å²) in [5, 5.41) is 17.5. The van der Waals surface area contributed by atoms with Crippen molar-refractivity contribution >= 4 is 5.91 Å². The number of carbonyl (C=O) groups excluding carboxylic acids is 1. The molecule has 1 aliphatic heterocycles. The van der Waals surface area contributed by atoms with Gasteiger partial charge in [-0.3, -0.25) is 9.36 Å². The number of benzene rings is 1. The van der Waals surface area contributed by atoms with Gasteiger partial charge >= 0.3 is 5.69 Å². The maximum atomic E-state index is 12.4. The first-order valence-electron chi connectivity index (χ1n) is 8.68. The highest BCUT2D eigenvalue weighted by Gasteiger charge is 2.24. The van der Waals surface area contributed by atoms with Crippen molar-refractivity contribution in [1.82, 2.24) is 19.7 Å². The van der Waals surface area contributed by atoms with Crippen molar-refractivity contribution in [3.8, 4) is 0 Å². The monoisotopic (exact) mass is 344 g/mol. The van der Waals surface area contributed by atoms with Crippen molar-refractivity contribution < 1.29 is 9.90 Å². The van der Waals surface area contributed by atoms with E-state index in [0.29, 0.717) is 6.54 Å². The minimum Gasteiger partial charge on any atom is -0.384 e. The second kappa shape index (κ2) is 7.23. The van der Waals surface area contributed by atoms with Crippen LogP contribution in [0.1, 0.15) is 37.6 Å². The Labute approximate surface area is 146 Å². The van der Waals surface area contributed by atoms with Gasteiger partial charge in [-0.25, -0.2) is 9.48 Å². The molecule has 1 aromatic heterocycles. The third-order valence-corrected chi connectivity index (χ3v) is 4.60. The van der Waals surface area contributed by atoms with E-state index in [1.165, 1.54) is 4.68 Å². The molecular weight excluding hydrogens is 320 g/mol. The summed E-state index contributed by atoms with van der Waals surface area (Å²) in [6.07, 6.45) is 3.85. The minimum absolute atomic E-state index is 0.0676. The van der Waals surface area contributed by atoms with Gasteiger partial charge in [0, 0.05) is 13.0 Å². The van der Waals surface area contributed by atoms with Crippen LogP contribution in [0.2, 0.25) is 0 Å². The van der Waals surface area contributed by atoms with Gasteiger partial charge in [-0.1, -0.05) is 36.8 Å². The molecule has 7 nitrogen and oxygen atoms in total. The van der Waals surface area contributed by atoms with Crippen LogP contribution in [0.15, 0.2) is 35.1 Å². The number of fused-ring (bicyclic) bond motifs is 1. The Morgan fingerprint density at radius 1 is 1.28 bits per heavy atom. The van der Waals surface area contributed by atoms with E-state index in [2.05, 4.69) is 10.4 Å². The van der Waals surface area contributed by atoms with Crippen molar-refractivity contribution in [2.75, 3.05) is 6.54 Å². The van der Waals surface area contributed by atoms with Gasteiger partial charge < -0.3 is 10.4 Å². The van der Waals surface area contributed by atoms with Crippen LogP contribution in [0.4, 0.5) is 0 Å². The van der Waals surface area contributed by atoms with Gasteiger partial charge in [-0.2, -0.15) is 5.10 Å². The summed E-state index contributed by atoms with van der Waals surface area (Å²) in [5.74, 6) is 0.415. The van der Waals surface area contributed by atoms with E-state index < -0.39 is 5.60 Å². The fourth-order valence-corrected chi connectivity index (χ4v) is 3.09. The SMILES string of the molecule is CC(O)(CNC(=O)Cn1nc2n(c1=O)CCCCC2)c1ccccc1. The van der Waals surface area contributed by atoms with E-state index in [1.807, 2.05) is 30.3 Å². The van der Waals surface area contributed by atoms with E-state index in [9.17, 15) is 14.7 Å². The third-order valence-electron chi connectivity index (χ3n) is 4.60. The molecule has 0 fully saturated rings. The summed E-state index contributed by atoms with van der Waals surface area (Å²) in [7, 11) is 0. The van der Waals surface area contributed by atoms with Crippen molar-refractivity contribution in [3.63, 3.8) is 0 Å². The second-order valence-corrected chi connectivity index (χ2v) is 6.74. The maximum absolute atomic E-state index is 12.4. The Hall–Kier alpha value is -2.41. The minimum atomic E-state index is -1.17. The molecule has 2 aromatic rings. The molecule has 1 aromatic carbocycles. The third kappa shape index (κ3) is 3.99. The molecule has 1 atom stereocenters. The molecule has 2 N–H and O–H groups in total. The molecule has 25 heavy (non-hydrogen) atoms. The average molecular weight is 344 g/mol. The molecule has 0 radical (unpaired) electrons. The molecule has 1 unspecified atom stereocenters. The van der Waals surface area contributed by atoms with Crippen LogP contribution in [-0.4, -0.2) is 31.9 Å². The highest BCUT2D eigenvalue weighted by atomic mass is 16.3. The van der Waals surface area contributed by atoms with Gasteiger partial charge in [0.25, 0.3) is 0 Å². The maximum Gasteiger partial charge on any atom is 0.346 e. The summed E-state index contributed by atoms with van der Waals surface area (Å²) in [5.41, 5.74) is -0.684. The summed E-state index contributed by atoms with van der Waals surface area (Å²) in [6, 6.07) is 9.16. The van der Waals surface area contributed by atoms with E-state index in [1.54, 1.807) is 11.5 Å². The van der Waals surface area contributed by atoms with Gasteiger partial charge in [-0.15, -0.1) is 0 Å². The number of hydrogen-bond donors (Lipinski definition) is 2. The van der Waals surface area contributed by atoms with Gasteiger partial charge in [0.1, 0.15) is 18.0 Å². The molecule has 0 spiro atoms. The van der Waals surface area contributed by atoms with Crippen molar-refractivity contribution in [3.05, 3.63) is 52.2 Å². The predicted molar refractivity (Wildman–Crippen MR) is 93.1 cm³/mol. The largest absolute Gasteiger partial charge is 0.384 e. The Bertz CT molecular complexity index is 792. The fourth-order valence-electron chi connectivity index (χ4n) is 3.09. The Morgan fingerprint density at radius 3 is 2.80 bits per heavy atom. The van der Waals surface area contributed by atoms with Crippen LogP contribution in [0.3, 0.4) is 0 Å². The number of aryl methyl sites for hydroxylation is 1. The van der Waals surface area contributed by atoms with Gasteiger partial charge in [0.05, 0.1) is 6.54 Å². The zero-order valence-corrected chi connectivity index (χ0v) is 14.4. The highest BCUT2D eigenvalue weighted by Crippen LogP contribution is 2.18. The van der Waals surface area contributed by atoms with Crippen LogP contribution < -0.4 is 11.0 Å². The standard InChI is InChI=1S/C18H24N4O3/c1-18(25,14-8-4-2-5-9-14)13-19-16(23)12-22-17(24)21-11-7-3-6-10-15(21)20-22/h2,4-5,8-9,25H,3,6-7,10-13H2,1H3,(H,19,23). The Morgan fingerprint density at radius 2 is 2.04 bits per heavy atom. The summed E-state index contributed by atoms with van der Waals surface area (Å²) < 4.78 is 2.88. The quantitative estimate of drug-likeness (QED) is 0.839. The summed E-state index contributed by atoms with van der Waals surface area (Å²) in [6.45, 7) is 2.24. The molecule has 1 amide bonds. The number of hydrogen-bond acceptors (Lipinski definition) is 4. The number of aliphatic hydroxyl groups is 1. The van der Waals surface area contributed by atoms with E-state index >= 15 is 0 Å². The molecule has 0 saturated heterocycles. The summed E-state index contributed by atoms with van der Waals surface area (Å²) >= 11 is 0. The zero-order chi connectivity index (χ0) is 17.9. The second-order valence-electron chi connectivity index (χ2n) is 6.74. The lowest BCUT2D eigenvalue weighted by molar-refractivity contribution is -0.123. The van der Waals surface area contributed by atoms with E-state index in [-0.39, 0.29) is 24.7 Å². The topological polar surface area (TPSA) is 89.2 Å². The van der Waals surface area contributed by atoms with Crippen molar-refractivity contribution in [2.24, 2.45) is 0 Å². The summed E-state index contributed by atoms with van der Waals surface area (Å²) in [4.78, 5) is 24.6. The van der Waals surface area contributed by atoms with Crippen LogP contribution in [-0.2, 0) is 29.9 Å². The molecular formula is C18H24N4O3. The van der Waals surface area contributed by atoms with Crippen LogP contribution in [0.25, 0.3) is 0 Å². The van der Waals surface area contributed by atoms with Crippen molar-refractivity contribution in [2.45, 2.75) is 51.3 Å². The van der Waals surface area contributed by atoms with E-state index in [4.69, 9.17) is 0 Å². The van der Waals surface area contributed by atoms with Gasteiger partial charge in [0.2, 0.25) is 5.91 Å². The first-order valence-corrected chi connectivity index (χ1v) is 8.68. The van der Waals surface area contributed by atoms with Crippen LogP contribution in [0.5, 0.6) is 0 Å². The number of aromatic nitrogens is 3. The molecule has 134 valence electrons. The number of amides is 1. The van der Waals surface area contributed by atoms with Crippen LogP contribution >= 0.6 is 0 Å². The van der Waals surface area contributed by atoms with E-state index in [0.717, 1.165) is 37.1 Å². The lowest BCUT2D eigenvalue weighted by Crippen LogP contribution is -2.41. The zero-order valence-electron chi connectivity index (χ0n) is 14.4. The van der Waals surface area contributed by atoms with Gasteiger partial charge in [0.15, 0.2) is 0 Å². The molecule has 3 rings (SSSR count). The first kappa shape index (κ1) is 17.4. The first-order chi connectivity index (χ1) is 12.0. The number of rotatable bonds is 5. The molecule has 0 saturated carbocycles. The average Bonchev–Trinajstić information content (AvgIpc) is 2.78. The normalized spacial score (nSPS) is 16.6. The Balaban J connectivity index is 1.63. The molecule has 0 bridgehead atoms. The molecule has 2 heterocycles.